The lowest BCUT2D eigenvalue weighted by Gasteiger charge is -2.04. The topological polar surface area (TPSA) is 77.2 Å². The van der Waals surface area contributed by atoms with E-state index in [0.29, 0.717) is 18.8 Å². The normalized spacial score (nSPS) is 10.7. The number of nitrogens with zero attached hydrogens (tertiary/aromatic N) is 5. The quantitative estimate of drug-likeness (QED) is 0.695. The first kappa shape index (κ1) is 9.78. The zero-order chi connectivity index (χ0) is 10.5. The molecule has 2 rings (SSSR count). The molecule has 0 saturated heterocycles. The maximum atomic E-state index is 5.19. The molecule has 0 saturated carbocycles. The Morgan fingerprint density at radius 3 is 3.27 bits per heavy atom. The summed E-state index contributed by atoms with van der Waals surface area (Å²) < 4.78 is 6.57. The molecule has 7 heteroatoms. The van der Waals surface area contributed by atoms with Crippen LogP contribution in [0, 0.1) is 0 Å². The van der Waals surface area contributed by atoms with Crippen LogP contribution in [-0.4, -0.2) is 45.0 Å². The molecule has 2 aromatic rings. The van der Waals surface area contributed by atoms with Gasteiger partial charge in [-0.1, -0.05) is 0 Å². The molecule has 1 N–H and O–H groups in total. The van der Waals surface area contributed by atoms with Crippen LogP contribution in [0.3, 0.4) is 0 Å². The number of aromatic nitrogens is 5. The number of rotatable bonds is 5. The summed E-state index contributed by atoms with van der Waals surface area (Å²) in [7, 11) is 0. The van der Waals surface area contributed by atoms with Gasteiger partial charge in [-0.05, 0) is 29.5 Å². The van der Waals surface area contributed by atoms with E-state index >= 15 is 0 Å². The fourth-order valence-electron chi connectivity index (χ4n) is 1.14. The first-order valence-corrected chi connectivity index (χ1v) is 4.77. The molecular weight excluding hydrogens is 196 g/mol. The van der Waals surface area contributed by atoms with E-state index < -0.39 is 0 Å². The van der Waals surface area contributed by atoms with Gasteiger partial charge in [0.25, 0.3) is 0 Å². The van der Waals surface area contributed by atoms with Gasteiger partial charge < -0.3 is 10.1 Å². The van der Waals surface area contributed by atoms with E-state index in [4.69, 9.17) is 4.74 Å². The lowest BCUT2D eigenvalue weighted by Crippen LogP contribution is -2.11. The van der Waals surface area contributed by atoms with Gasteiger partial charge in [0.05, 0.1) is 6.61 Å². The first-order valence-electron chi connectivity index (χ1n) is 4.77. The van der Waals surface area contributed by atoms with Crippen molar-refractivity contribution in [2.24, 2.45) is 0 Å². The maximum absolute atomic E-state index is 5.19. The van der Waals surface area contributed by atoms with E-state index in [0.717, 1.165) is 12.4 Å². The molecule has 15 heavy (non-hydrogen) atoms. The Hall–Kier alpha value is -1.76. The van der Waals surface area contributed by atoms with E-state index in [1.165, 1.54) is 4.63 Å². The van der Waals surface area contributed by atoms with Crippen molar-refractivity contribution in [2.45, 2.75) is 6.92 Å². The first-order chi connectivity index (χ1) is 7.40. The van der Waals surface area contributed by atoms with Gasteiger partial charge in [-0.25, -0.2) is 0 Å². The van der Waals surface area contributed by atoms with Gasteiger partial charge in [-0.15, -0.1) is 14.8 Å². The number of hydrogen-bond donors (Lipinski definition) is 1. The Kier molecular flexibility index (Phi) is 3.03. The van der Waals surface area contributed by atoms with Gasteiger partial charge >= 0.3 is 0 Å². The van der Waals surface area contributed by atoms with Crippen LogP contribution in [0.5, 0.6) is 0 Å². The molecule has 0 amide bonds. The van der Waals surface area contributed by atoms with Crippen LogP contribution in [0.2, 0.25) is 0 Å². The van der Waals surface area contributed by atoms with E-state index in [2.05, 4.69) is 25.9 Å². The minimum Gasteiger partial charge on any atom is -0.380 e. The van der Waals surface area contributed by atoms with Crippen molar-refractivity contribution in [3.05, 3.63) is 12.1 Å². The van der Waals surface area contributed by atoms with Crippen molar-refractivity contribution in [3.8, 4) is 0 Å². The molecule has 0 bridgehead atoms. The van der Waals surface area contributed by atoms with Crippen LogP contribution in [0.15, 0.2) is 12.1 Å². The number of nitrogens with one attached hydrogen (secondary N) is 1. The van der Waals surface area contributed by atoms with Crippen LogP contribution in [0.4, 0.5) is 5.82 Å². The average molecular weight is 208 g/mol. The smallest absolute Gasteiger partial charge is 0.200 e. The van der Waals surface area contributed by atoms with Gasteiger partial charge in [-0.3, -0.25) is 0 Å². The van der Waals surface area contributed by atoms with Gasteiger partial charge in [0, 0.05) is 13.2 Å². The lowest BCUT2D eigenvalue weighted by molar-refractivity contribution is 0.158. The predicted molar refractivity (Wildman–Crippen MR) is 53.6 cm³/mol. The Morgan fingerprint density at radius 1 is 1.47 bits per heavy atom. The highest BCUT2D eigenvalue weighted by Gasteiger charge is 1.99. The SMILES string of the molecule is CCOCCNc1ccc2nnnn2n1. The molecule has 0 atom stereocenters. The molecule has 0 aromatic carbocycles. The van der Waals surface area contributed by atoms with Crippen LogP contribution in [-0.2, 0) is 4.74 Å². The second-order valence-electron chi connectivity index (χ2n) is 2.87. The highest BCUT2D eigenvalue weighted by atomic mass is 16.5. The summed E-state index contributed by atoms with van der Waals surface area (Å²) in [5.41, 5.74) is 0.630. The molecule has 0 unspecified atom stereocenters. The third kappa shape index (κ3) is 2.38. The summed E-state index contributed by atoms with van der Waals surface area (Å²) in [5.74, 6) is 0.731. The fourth-order valence-corrected chi connectivity index (χ4v) is 1.14. The Balaban J connectivity index is 1.96. The monoisotopic (exact) mass is 208 g/mol. The molecule has 0 aliphatic rings. The Labute approximate surface area is 86.4 Å². The summed E-state index contributed by atoms with van der Waals surface area (Å²) in [6.45, 7) is 4.06. The molecule has 80 valence electrons. The summed E-state index contributed by atoms with van der Waals surface area (Å²) in [6, 6.07) is 3.63. The number of ether oxygens (including phenoxy) is 1. The predicted octanol–water partition coefficient (Wildman–Crippen LogP) is -0.0323. The second kappa shape index (κ2) is 4.65. The van der Waals surface area contributed by atoms with Gasteiger partial charge in [0.1, 0.15) is 5.82 Å². The highest BCUT2D eigenvalue weighted by Crippen LogP contribution is 2.02. The third-order valence-electron chi connectivity index (χ3n) is 1.83. The van der Waals surface area contributed by atoms with Gasteiger partial charge in [0.15, 0.2) is 5.65 Å². The molecule has 0 fully saturated rings. The van der Waals surface area contributed by atoms with Crippen LogP contribution in [0.25, 0.3) is 5.65 Å². The average Bonchev–Trinajstić information content (AvgIpc) is 2.71. The van der Waals surface area contributed by atoms with Crippen molar-refractivity contribution < 1.29 is 4.74 Å². The fraction of sp³-hybridized carbons (Fsp3) is 0.500. The Bertz CT molecular complexity index is 428. The number of tetrazole rings is 1. The highest BCUT2D eigenvalue weighted by molar-refractivity contribution is 5.41. The van der Waals surface area contributed by atoms with Gasteiger partial charge in [0.2, 0.25) is 0 Å². The molecule has 0 aliphatic carbocycles. The number of anilines is 1. The zero-order valence-electron chi connectivity index (χ0n) is 8.42. The van der Waals surface area contributed by atoms with Crippen LogP contribution >= 0.6 is 0 Å². The zero-order valence-corrected chi connectivity index (χ0v) is 8.42. The third-order valence-corrected chi connectivity index (χ3v) is 1.83. The molecule has 7 nitrogen and oxygen atoms in total. The van der Waals surface area contributed by atoms with Crippen molar-refractivity contribution in [3.63, 3.8) is 0 Å². The van der Waals surface area contributed by atoms with Crippen molar-refractivity contribution >= 4 is 11.5 Å². The lowest BCUT2D eigenvalue weighted by atomic mass is 10.5. The summed E-state index contributed by atoms with van der Waals surface area (Å²) in [4.78, 5) is 0. The summed E-state index contributed by atoms with van der Waals surface area (Å²) in [5, 5.41) is 18.2. The second-order valence-corrected chi connectivity index (χ2v) is 2.87. The molecule has 0 radical (unpaired) electrons. The Morgan fingerprint density at radius 2 is 2.40 bits per heavy atom. The molecule has 2 heterocycles. The molecule has 2 aromatic heterocycles. The number of fused-ring (bicyclic) bond motifs is 1. The standard InChI is InChI=1S/C8H12N6O/c1-2-15-6-5-9-7-3-4-8-10-12-13-14(8)11-7/h3-4H,2,5-6H2,1H3,(H,9,11). The number of hydrogen-bond acceptors (Lipinski definition) is 6. The largest absolute Gasteiger partial charge is 0.380 e. The summed E-state index contributed by atoms with van der Waals surface area (Å²) >= 11 is 0. The van der Waals surface area contributed by atoms with E-state index in [1.54, 1.807) is 6.07 Å². The molecular formula is C8H12N6O. The summed E-state index contributed by atoms with van der Waals surface area (Å²) in [6.07, 6.45) is 0. The minimum atomic E-state index is 0.630. The van der Waals surface area contributed by atoms with Crippen molar-refractivity contribution in [2.75, 3.05) is 25.1 Å². The molecule has 0 aliphatic heterocycles. The van der Waals surface area contributed by atoms with E-state index in [9.17, 15) is 0 Å². The van der Waals surface area contributed by atoms with E-state index in [1.807, 2.05) is 13.0 Å². The molecule has 0 spiro atoms. The maximum Gasteiger partial charge on any atom is 0.200 e. The van der Waals surface area contributed by atoms with E-state index in [-0.39, 0.29) is 0 Å². The van der Waals surface area contributed by atoms with Gasteiger partial charge in [-0.2, -0.15) is 0 Å². The van der Waals surface area contributed by atoms with Crippen molar-refractivity contribution in [1.82, 2.24) is 25.3 Å². The van der Waals surface area contributed by atoms with Crippen LogP contribution in [0.1, 0.15) is 6.92 Å². The van der Waals surface area contributed by atoms with Crippen LogP contribution < -0.4 is 5.32 Å². The minimum absolute atomic E-state index is 0.630. The van der Waals surface area contributed by atoms with Crippen molar-refractivity contribution in [1.29, 1.82) is 0 Å².